The summed E-state index contributed by atoms with van der Waals surface area (Å²) in [7, 11) is 1.25. The molecular formula is C10H8N4O4. The Morgan fingerprint density at radius 3 is 2.78 bits per heavy atom. The first kappa shape index (κ1) is 11.7. The maximum Gasteiger partial charge on any atom is 0.410 e. The van der Waals surface area contributed by atoms with Crippen LogP contribution in [0.1, 0.15) is 10.4 Å². The Kier molecular flexibility index (Phi) is 3.00. The first-order valence-electron chi connectivity index (χ1n) is 4.88. The highest BCUT2D eigenvalue weighted by Crippen LogP contribution is 2.15. The number of benzene rings is 1. The number of nitro groups is 1. The molecule has 0 spiro atoms. The van der Waals surface area contributed by atoms with E-state index in [2.05, 4.69) is 14.9 Å². The van der Waals surface area contributed by atoms with E-state index in [-0.39, 0.29) is 5.56 Å². The molecule has 0 saturated heterocycles. The first-order valence-corrected chi connectivity index (χ1v) is 4.88. The number of rotatable bonds is 3. The lowest BCUT2D eigenvalue weighted by Gasteiger charge is -2.03. The zero-order chi connectivity index (χ0) is 13.1. The maximum absolute atomic E-state index is 11.5. The molecule has 0 N–H and O–H groups in total. The SMILES string of the molecule is COC(=O)c1ccccc1-n1ncc([N+](=O)[O-])n1. The highest BCUT2D eigenvalue weighted by molar-refractivity contribution is 5.93. The smallest absolute Gasteiger partial charge is 0.410 e. The van der Waals surface area contributed by atoms with Gasteiger partial charge in [-0.25, -0.2) is 4.79 Å². The van der Waals surface area contributed by atoms with Crippen molar-refractivity contribution in [1.29, 1.82) is 0 Å². The molecule has 8 heteroatoms. The third-order valence-corrected chi connectivity index (χ3v) is 2.19. The molecule has 1 aromatic carbocycles. The van der Waals surface area contributed by atoms with Crippen LogP contribution in [0.4, 0.5) is 5.82 Å². The van der Waals surface area contributed by atoms with Crippen molar-refractivity contribution in [2.45, 2.75) is 0 Å². The van der Waals surface area contributed by atoms with Gasteiger partial charge in [-0.1, -0.05) is 16.9 Å². The average Bonchev–Trinajstić information content (AvgIpc) is 2.87. The lowest BCUT2D eigenvalue weighted by molar-refractivity contribution is -0.389. The molecule has 0 bridgehead atoms. The number of hydrogen-bond acceptors (Lipinski definition) is 6. The van der Waals surface area contributed by atoms with Gasteiger partial charge < -0.3 is 14.9 Å². The standard InChI is InChI=1S/C10H8N4O4/c1-18-10(15)7-4-2-3-5-8(7)13-11-6-9(12-13)14(16)17/h2-6H,1H3. The van der Waals surface area contributed by atoms with Gasteiger partial charge in [0.15, 0.2) is 6.20 Å². The van der Waals surface area contributed by atoms with E-state index in [1.165, 1.54) is 13.2 Å². The van der Waals surface area contributed by atoms with Gasteiger partial charge in [-0.15, -0.1) is 5.10 Å². The summed E-state index contributed by atoms with van der Waals surface area (Å²) in [5.41, 5.74) is 0.544. The molecule has 0 amide bonds. The van der Waals surface area contributed by atoms with Gasteiger partial charge in [0.05, 0.1) is 17.8 Å². The van der Waals surface area contributed by atoms with E-state index in [1.807, 2.05) is 0 Å². The minimum absolute atomic E-state index is 0.227. The van der Waals surface area contributed by atoms with E-state index in [1.54, 1.807) is 18.2 Å². The second-order valence-electron chi connectivity index (χ2n) is 3.26. The van der Waals surface area contributed by atoms with Crippen molar-refractivity contribution in [3.63, 3.8) is 0 Å². The molecule has 1 heterocycles. The molecule has 0 radical (unpaired) electrons. The van der Waals surface area contributed by atoms with Crippen molar-refractivity contribution >= 4 is 11.8 Å². The van der Waals surface area contributed by atoms with Gasteiger partial charge in [-0.3, -0.25) is 0 Å². The predicted molar refractivity (Wildman–Crippen MR) is 59.4 cm³/mol. The number of ether oxygens (including phenoxy) is 1. The van der Waals surface area contributed by atoms with E-state index >= 15 is 0 Å². The van der Waals surface area contributed by atoms with E-state index in [4.69, 9.17) is 0 Å². The molecule has 0 aliphatic rings. The van der Waals surface area contributed by atoms with Crippen molar-refractivity contribution in [3.8, 4) is 5.69 Å². The number of aromatic nitrogens is 3. The maximum atomic E-state index is 11.5. The normalized spacial score (nSPS) is 10.1. The van der Waals surface area contributed by atoms with E-state index in [0.29, 0.717) is 5.69 Å². The molecular weight excluding hydrogens is 240 g/mol. The molecule has 0 aliphatic heterocycles. The van der Waals surface area contributed by atoms with Crippen molar-refractivity contribution in [3.05, 3.63) is 46.1 Å². The molecule has 2 aromatic rings. The molecule has 0 fully saturated rings. The minimum atomic E-state index is -0.662. The molecule has 1 aromatic heterocycles. The summed E-state index contributed by atoms with van der Waals surface area (Å²) in [6, 6.07) is 6.40. The highest BCUT2D eigenvalue weighted by Gasteiger charge is 2.19. The summed E-state index contributed by atoms with van der Waals surface area (Å²) in [4.78, 5) is 22.4. The Hall–Kier alpha value is -2.77. The Bertz CT molecular complexity index is 607. The fourth-order valence-electron chi connectivity index (χ4n) is 1.39. The van der Waals surface area contributed by atoms with Crippen LogP contribution in [0.5, 0.6) is 0 Å². The van der Waals surface area contributed by atoms with Crippen molar-refractivity contribution in [2.75, 3.05) is 7.11 Å². The van der Waals surface area contributed by atoms with E-state index in [0.717, 1.165) is 11.0 Å². The molecule has 18 heavy (non-hydrogen) atoms. The molecule has 8 nitrogen and oxygen atoms in total. The van der Waals surface area contributed by atoms with Crippen molar-refractivity contribution < 1.29 is 14.5 Å². The van der Waals surface area contributed by atoms with Gasteiger partial charge in [-0.05, 0) is 17.1 Å². The van der Waals surface area contributed by atoms with Crippen molar-refractivity contribution in [1.82, 2.24) is 15.0 Å². The third kappa shape index (κ3) is 2.03. The average molecular weight is 248 g/mol. The van der Waals surface area contributed by atoms with Gasteiger partial charge in [0.1, 0.15) is 5.69 Å². The summed E-state index contributed by atoms with van der Waals surface area (Å²) in [5.74, 6) is -0.958. The Morgan fingerprint density at radius 2 is 2.17 bits per heavy atom. The van der Waals surface area contributed by atoms with Crippen LogP contribution in [0.3, 0.4) is 0 Å². The van der Waals surface area contributed by atoms with Crippen LogP contribution in [0, 0.1) is 10.1 Å². The van der Waals surface area contributed by atoms with Gasteiger partial charge in [0, 0.05) is 0 Å². The third-order valence-electron chi connectivity index (χ3n) is 2.19. The van der Waals surface area contributed by atoms with Gasteiger partial charge in [-0.2, -0.15) is 0 Å². The Balaban J connectivity index is 2.49. The number of hydrogen-bond donors (Lipinski definition) is 0. The van der Waals surface area contributed by atoms with E-state index in [9.17, 15) is 14.9 Å². The summed E-state index contributed by atoms with van der Waals surface area (Å²) in [5, 5.41) is 17.9. The van der Waals surface area contributed by atoms with Gasteiger partial charge in [0.25, 0.3) is 0 Å². The minimum Gasteiger partial charge on any atom is -0.465 e. The van der Waals surface area contributed by atoms with Crippen LogP contribution in [0.15, 0.2) is 30.5 Å². The number of nitrogens with zero attached hydrogens (tertiary/aromatic N) is 4. The summed E-state index contributed by atoms with van der Waals surface area (Å²) in [6.45, 7) is 0. The molecule has 0 atom stereocenters. The molecule has 0 unspecified atom stereocenters. The van der Waals surface area contributed by atoms with Crippen molar-refractivity contribution in [2.24, 2.45) is 0 Å². The number of methoxy groups -OCH3 is 1. The van der Waals surface area contributed by atoms with Crippen LogP contribution >= 0.6 is 0 Å². The fraction of sp³-hybridized carbons (Fsp3) is 0.100. The largest absolute Gasteiger partial charge is 0.465 e. The molecule has 92 valence electrons. The monoisotopic (exact) mass is 248 g/mol. The zero-order valence-electron chi connectivity index (χ0n) is 9.31. The Morgan fingerprint density at radius 1 is 1.44 bits per heavy atom. The van der Waals surface area contributed by atoms with Crippen LogP contribution in [0.2, 0.25) is 0 Å². The number of carbonyl (C=O) groups excluding carboxylic acids is 1. The summed E-state index contributed by atoms with van der Waals surface area (Å²) >= 11 is 0. The molecule has 0 saturated carbocycles. The quantitative estimate of drug-likeness (QED) is 0.455. The van der Waals surface area contributed by atoms with Gasteiger partial charge in [0.2, 0.25) is 0 Å². The predicted octanol–water partition coefficient (Wildman–Crippen LogP) is 0.962. The number of carbonyl (C=O) groups is 1. The van der Waals surface area contributed by atoms with E-state index < -0.39 is 16.7 Å². The van der Waals surface area contributed by atoms with Gasteiger partial charge >= 0.3 is 11.8 Å². The number of esters is 1. The lowest BCUT2D eigenvalue weighted by Crippen LogP contribution is -2.09. The summed E-state index contributed by atoms with van der Waals surface area (Å²) in [6.07, 6.45) is 1.01. The second kappa shape index (κ2) is 4.62. The zero-order valence-corrected chi connectivity index (χ0v) is 9.31. The fourth-order valence-corrected chi connectivity index (χ4v) is 1.39. The Labute approximate surface area is 101 Å². The summed E-state index contributed by atoms with van der Waals surface area (Å²) < 4.78 is 4.61. The lowest BCUT2D eigenvalue weighted by atomic mass is 10.2. The van der Waals surface area contributed by atoms with Crippen LogP contribution in [0.25, 0.3) is 5.69 Å². The first-order chi connectivity index (χ1) is 8.63. The number of para-hydroxylation sites is 1. The highest BCUT2D eigenvalue weighted by atomic mass is 16.6. The molecule has 2 rings (SSSR count). The topological polar surface area (TPSA) is 100 Å². The van der Waals surface area contributed by atoms with Crippen LogP contribution < -0.4 is 0 Å². The second-order valence-corrected chi connectivity index (χ2v) is 3.26. The molecule has 0 aliphatic carbocycles. The van der Waals surface area contributed by atoms with Crippen LogP contribution in [-0.2, 0) is 4.74 Å². The van der Waals surface area contributed by atoms with Crippen LogP contribution in [-0.4, -0.2) is 33.0 Å².